The molecule has 0 saturated carbocycles. The van der Waals surface area contributed by atoms with Crippen molar-refractivity contribution in [3.8, 4) is 6.07 Å². The van der Waals surface area contributed by atoms with Crippen LogP contribution in [-0.4, -0.2) is 38.7 Å². The van der Waals surface area contributed by atoms with Crippen molar-refractivity contribution in [1.82, 2.24) is 19.7 Å². The van der Waals surface area contributed by atoms with E-state index in [0.717, 1.165) is 6.42 Å². The molecule has 1 fully saturated rings. The summed E-state index contributed by atoms with van der Waals surface area (Å²) in [4.78, 5) is 18.1. The number of carbonyl (C=O) groups excluding carboxylic acids is 1. The molecular formula is C16H15N5O2. The fraction of sp³-hybridized carbons (Fsp3) is 0.375. The summed E-state index contributed by atoms with van der Waals surface area (Å²) in [6, 6.07) is 10.0. The second-order valence-corrected chi connectivity index (χ2v) is 5.88. The van der Waals surface area contributed by atoms with E-state index in [4.69, 9.17) is 10.00 Å². The van der Waals surface area contributed by atoms with E-state index >= 15 is 0 Å². The van der Waals surface area contributed by atoms with Gasteiger partial charge in [0.1, 0.15) is 24.5 Å². The fourth-order valence-corrected chi connectivity index (χ4v) is 3.38. The summed E-state index contributed by atoms with van der Waals surface area (Å²) in [6.45, 7) is 1.91. The van der Waals surface area contributed by atoms with Crippen LogP contribution >= 0.6 is 0 Å². The number of nitriles is 1. The maximum atomic E-state index is 12.5. The van der Waals surface area contributed by atoms with Crippen molar-refractivity contribution < 1.29 is 9.53 Å². The Hall–Kier alpha value is -2.72. The fourth-order valence-electron chi connectivity index (χ4n) is 3.38. The van der Waals surface area contributed by atoms with Gasteiger partial charge in [-0.2, -0.15) is 5.26 Å². The Morgan fingerprint density at radius 2 is 2.30 bits per heavy atom. The van der Waals surface area contributed by atoms with Gasteiger partial charge >= 0.3 is 0 Å². The van der Waals surface area contributed by atoms with Crippen molar-refractivity contribution in [3.05, 3.63) is 47.5 Å². The van der Waals surface area contributed by atoms with Crippen LogP contribution in [0.4, 0.5) is 0 Å². The number of likely N-dealkylation sites (tertiary alicyclic amines) is 1. The molecule has 116 valence electrons. The monoisotopic (exact) mass is 309 g/mol. The van der Waals surface area contributed by atoms with Gasteiger partial charge in [-0.05, 0) is 17.5 Å². The number of benzene rings is 1. The number of fused-ring (bicyclic) bond motifs is 2. The molecule has 23 heavy (non-hydrogen) atoms. The molecule has 0 N–H and O–H groups in total. The van der Waals surface area contributed by atoms with Crippen LogP contribution in [0, 0.1) is 11.3 Å². The number of ether oxygens (including phenoxy) is 1. The molecule has 4 rings (SSSR count). The van der Waals surface area contributed by atoms with Crippen molar-refractivity contribution in [1.29, 1.82) is 5.26 Å². The zero-order valence-electron chi connectivity index (χ0n) is 12.5. The smallest absolute Gasteiger partial charge is 0.252 e. The number of amides is 1. The van der Waals surface area contributed by atoms with E-state index in [0.29, 0.717) is 19.7 Å². The highest BCUT2D eigenvalue weighted by Gasteiger charge is 2.46. The number of rotatable bonds is 2. The Morgan fingerprint density at radius 1 is 1.43 bits per heavy atom. The SMILES string of the molecule is N#Cc1ncn(CC(=O)N2CCC3(C2)OCc2ccccc23)n1. The van der Waals surface area contributed by atoms with Gasteiger partial charge in [-0.25, -0.2) is 9.67 Å². The molecule has 1 saturated heterocycles. The molecule has 1 unspecified atom stereocenters. The highest BCUT2D eigenvalue weighted by Crippen LogP contribution is 2.43. The minimum Gasteiger partial charge on any atom is -0.364 e. The Labute approximate surface area is 133 Å². The van der Waals surface area contributed by atoms with Crippen molar-refractivity contribution in [2.45, 2.75) is 25.2 Å². The van der Waals surface area contributed by atoms with Crippen molar-refractivity contribution >= 4 is 5.91 Å². The van der Waals surface area contributed by atoms with Gasteiger partial charge in [0.15, 0.2) is 0 Å². The second-order valence-electron chi connectivity index (χ2n) is 5.88. The molecular weight excluding hydrogens is 294 g/mol. The van der Waals surface area contributed by atoms with Gasteiger partial charge in [-0.1, -0.05) is 24.3 Å². The third-order valence-corrected chi connectivity index (χ3v) is 4.53. The van der Waals surface area contributed by atoms with E-state index in [1.807, 2.05) is 18.2 Å². The summed E-state index contributed by atoms with van der Waals surface area (Å²) in [7, 11) is 0. The topological polar surface area (TPSA) is 84.0 Å². The lowest BCUT2D eigenvalue weighted by molar-refractivity contribution is -0.132. The minimum atomic E-state index is -0.369. The summed E-state index contributed by atoms with van der Waals surface area (Å²) in [5.74, 6) is 0.0352. The summed E-state index contributed by atoms with van der Waals surface area (Å²) < 4.78 is 7.45. The number of hydrogen-bond donors (Lipinski definition) is 0. The lowest BCUT2D eigenvalue weighted by Crippen LogP contribution is -2.36. The summed E-state index contributed by atoms with van der Waals surface area (Å²) in [5.41, 5.74) is 2.03. The average molecular weight is 309 g/mol. The average Bonchev–Trinajstić information content (AvgIpc) is 3.28. The number of nitrogens with zero attached hydrogens (tertiary/aromatic N) is 5. The van der Waals surface area contributed by atoms with E-state index in [9.17, 15) is 4.79 Å². The Morgan fingerprint density at radius 3 is 3.13 bits per heavy atom. The number of aromatic nitrogens is 3. The highest BCUT2D eigenvalue weighted by molar-refractivity contribution is 5.76. The highest BCUT2D eigenvalue weighted by atomic mass is 16.5. The van der Waals surface area contributed by atoms with Crippen LogP contribution in [0.1, 0.15) is 23.4 Å². The number of carbonyl (C=O) groups is 1. The van der Waals surface area contributed by atoms with Crippen molar-refractivity contribution in [2.75, 3.05) is 13.1 Å². The van der Waals surface area contributed by atoms with Crippen molar-refractivity contribution in [3.63, 3.8) is 0 Å². The standard InChI is InChI=1S/C16H15N5O2/c17-7-14-18-11-21(19-14)8-15(22)20-6-5-16(10-20)13-4-2-1-3-12(13)9-23-16/h1-4,11H,5-6,8-10H2. The van der Waals surface area contributed by atoms with Crippen LogP contribution in [0.2, 0.25) is 0 Å². The molecule has 7 nitrogen and oxygen atoms in total. The molecule has 0 radical (unpaired) electrons. The van der Waals surface area contributed by atoms with E-state index in [-0.39, 0.29) is 23.9 Å². The molecule has 7 heteroatoms. The molecule has 1 aromatic carbocycles. The first-order valence-corrected chi connectivity index (χ1v) is 7.50. The van der Waals surface area contributed by atoms with Crippen LogP contribution in [0.15, 0.2) is 30.6 Å². The lowest BCUT2D eigenvalue weighted by Gasteiger charge is -2.24. The Kier molecular flexibility index (Phi) is 3.13. The normalized spacial score (nSPS) is 22.3. The van der Waals surface area contributed by atoms with Crippen molar-refractivity contribution in [2.24, 2.45) is 0 Å². The first-order chi connectivity index (χ1) is 11.2. The summed E-state index contributed by atoms with van der Waals surface area (Å²) in [5, 5.41) is 12.7. The summed E-state index contributed by atoms with van der Waals surface area (Å²) in [6.07, 6.45) is 2.21. The molecule has 1 aromatic heterocycles. The zero-order valence-corrected chi connectivity index (χ0v) is 12.5. The maximum absolute atomic E-state index is 12.5. The van der Waals surface area contributed by atoms with Gasteiger partial charge in [-0.15, -0.1) is 5.10 Å². The van der Waals surface area contributed by atoms with Gasteiger partial charge in [0.25, 0.3) is 5.82 Å². The third kappa shape index (κ3) is 2.28. The first kappa shape index (κ1) is 13.9. The maximum Gasteiger partial charge on any atom is 0.252 e. The molecule has 1 atom stereocenters. The predicted molar refractivity (Wildman–Crippen MR) is 78.8 cm³/mol. The largest absolute Gasteiger partial charge is 0.364 e. The van der Waals surface area contributed by atoms with E-state index < -0.39 is 0 Å². The van der Waals surface area contributed by atoms with Crippen LogP contribution < -0.4 is 0 Å². The summed E-state index contributed by atoms with van der Waals surface area (Å²) >= 11 is 0. The Bertz CT molecular complexity index is 809. The molecule has 2 aromatic rings. The Balaban J connectivity index is 1.48. The third-order valence-electron chi connectivity index (χ3n) is 4.53. The van der Waals surface area contributed by atoms with Crippen LogP contribution in [0.3, 0.4) is 0 Å². The predicted octanol–water partition coefficient (Wildman–Crippen LogP) is 0.808. The molecule has 1 amide bonds. The van der Waals surface area contributed by atoms with Crippen LogP contribution in [-0.2, 0) is 28.3 Å². The molecule has 3 heterocycles. The van der Waals surface area contributed by atoms with Gasteiger partial charge in [0, 0.05) is 6.54 Å². The van der Waals surface area contributed by atoms with E-state index in [1.54, 1.807) is 4.90 Å². The lowest BCUT2D eigenvalue weighted by atomic mass is 9.92. The quantitative estimate of drug-likeness (QED) is 0.819. The molecule has 1 spiro atoms. The van der Waals surface area contributed by atoms with E-state index in [2.05, 4.69) is 22.2 Å². The zero-order chi connectivity index (χ0) is 15.9. The molecule has 0 aliphatic carbocycles. The minimum absolute atomic E-state index is 0.0377. The number of hydrogen-bond acceptors (Lipinski definition) is 5. The second kappa shape index (κ2) is 5.18. The molecule has 2 aliphatic rings. The van der Waals surface area contributed by atoms with Crippen LogP contribution in [0.5, 0.6) is 0 Å². The van der Waals surface area contributed by atoms with Gasteiger partial charge in [0.05, 0.1) is 13.2 Å². The molecule has 0 bridgehead atoms. The first-order valence-electron chi connectivity index (χ1n) is 7.50. The van der Waals surface area contributed by atoms with E-state index in [1.165, 1.54) is 22.1 Å². The molecule has 2 aliphatic heterocycles. The van der Waals surface area contributed by atoms with Crippen LogP contribution in [0.25, 0.3) is 0 Å². The van der Waals surface area contributed by atoms with Gasteiger partial charge < -0.3 is 9.64 Å². The van der Waals surface area contributed by atoms with Gasteiger partial charge in [0.2, 0.25) is 5.91 Å². The van der Waals surface area contributed by atoms with Gasteiger partial charge in [-0.3, -0.25) is 4.79 Å².